The normalized spacial score (nSPS) is 20.9. The monoisotopic (exact) mass is 297 g/mol. The van der Waals surface area contributed by atoms with E-state index in [0.717, 1.165) is 18.4 Å². The van der Waals surface area contributed by atoms with Gasteiger partial charge in [-0.25, -0.2) is 12.7 Å². The third kappa shape index (κ3) is 4.30. The van der Waals surface area contributed by atoms with Crippen LogP contribution in [0.4, 0.5) is 0 Å². The number of hydrogen-bond acceptors (Lipinski definition) is 3. The second-order valence-corrected chi connectivity index (χ2v) is 7.24. The molecule has 1 saturated heterocycles. The molecule has 0 amide bonds. The van der Waals surface area contributed by atoms with Crippen LogP contribution in [-0.4, -0.2) is 39.0 Å². The van der Waals surface area contributed by atoms with E-state index >= 15 is 0 Å². The lowest BCUT2D eigenvalue weighted by atomic mass is 10.0. The van der Waals surface area contributed by atoms with Crippen LogP contribution in [0.5, 0.6) is 0 Å². The average molecular weight is 297 g/mol. The van der Waals surface area contributed by atoms with E-state index < -0.39 is 10.0 Å². The molecule has 0 bridgehead atoms. The number of ether oxygens (including phenoxy) is 1. The zero-order chi connectivity index (χ0) is 14.4. The van der Waals surface area contributed by atoms with Gasteiger partial charge in [0.25, 0.3) is 0 Å². The molecule has 0 spiro atoms. The van der Waals surface area contributed by atoms with E-state index in [0.29, 0.717) is 32.2 Å². The zero-order valence-electron chi connectivity index (χ0n) is 12.0. The van der Waals surface area contributed by atoms with Gasteiger partial charge in [-0.1, -0.05) is 30.3 Å². The number of nitrogens with zero attached hydrogens (tertiary/aromatic N) is 1. The quantitative estimate of drug-likeness (QED) is 0.809. The summed E-state index contributed by atoms with van der Waals surface area (Å²) in [6.45, 7) is 4.54. The van der Waals surface area contributed by atoms with E-state index in [9.17, 15) is 8.42 Å². The summed E-state index contributed by atoms with van der Waals surface area (Å²) in [6.07, 6.45) is 1.98. The maximum atomic E-state index is 12.5. The fraction of sp³-hybridized carbons (Fsp3) is 0.600. The molecule has 1 aromatic carbocycles. The summed E-state index contributed by atoms with van der Waals surface area (Å²) in [7, 11) is -3.22. The first-order chi connectivity index (χ1) is 9.62. The van der Waals surface area contributed by atoms with Crippen LogP contribution >= 0.6 is 0 Å². The first-order valence-corrected chi connectivity index (χ1v) is 8.82. The smallest absolute Gasteiger partial charge is 0.218 e. The predicted octanol–water partition coefficient (Wildman–Crippen LogP) is 2.26. The largest absolute Gasteiger partial charge is 0.381 e. The first-order valence-electron chi connectivity index (χ1n) is 7.21. The van der Waals surface area contributed by atoms with Gasteiger partial charge in [0.1, 0.15) is 0 Å². The van der Waals surface area contributed by atoms with Crippen LogP contribution in [0.25, 0.3) is 0 Å². The van der Waals surface area contributed by atoms with Gasteiger partial charge in [-0.3, -0.25) is 0 Å². The Morgan fingerprint density at radius 1 is 1.30 bits per heavy atom. The molecule has 0 N–H and O–H groups in total. The molecule has 2 rings (SSSR count). The van der Waals surface area contributed by atoms with Crippen molar-refractivity contribution in [3.05, 3.63) is 35.9 Å². The van der Waals surface area contributed by atoms with Gasteiger partial charge in [0.15, 0.2) is 0 Å². The Labute approximate surface area is 121 Å². The molecule has 0 aromatic heterocycles. The highest BCUT2D eigenvalue weighted by molar-refractivity contribution is 7.88. The highest BCUT2D eigenvalue weighted by atomic mass is 32.2. The number of benzene rings is 1. The highest BCUT2D eigenvalue weighted by Crippen LogP contribution is 2.21. The van der Waals surface area contributed by atoms with Crippen molar-refractivity contribution in [3.8, 4) is 0 Å². The predicted molar refractivity (Wildman–Crippen MR) is 79.9 cm³/mol. The van der Waals surface area contributed by atoms with Crippen molar-refractivity contribution < 1.29 is 13.2 Å². The minimum atomic E-state index is -3.22. The summed E-state index contributed by atoms with van der Waals surface area (Å²) in [6, 6.07) is 9.37. The topological polar surface area (TPSA) is 46.6 Å². The third-order valence-electron chi connectivity index (χ3n) is 3.62. The van der Waals surface area contributed by atoms with E-state index in [1.807, 2.05) is 37.3 Å². The summed E-state index contributed by atoms with van der Waals surface area (Å²) in [5.74, 6) is 0.420. The molecule has 1 heterocycles. The summed E-state index contributed by atoms with van der Waals surface area (Å²) in [5.41, 5.74) is 0.847. The van der Waals surface area contributed by atoms with Gasteiger partial charge < -0.3 is 4.74 Å². The molecule has 20 heavy (non-hydrogen) atoms. The molecule has 4 nitrogen and oxygen atoms in total. The lowest BCUT2D eigenvalue weighted by molar-refractivity contribution is 0.0864. The van der Waals surface area contributed by atoms with Crippen LogP contribution in [0.15, 0.2) is 30.3 Å². The molecule has 1 atom stereocenters. The van der Waals surface area contributed by atoms with Crippen molar-refractivity contribution in [3.63, 3.8) is 0 Å². The van der Waals surface area contributed by atoms with Crippen molar-refractivity contribution in [2.75, 3.05) is 26.3 Å². The van der Waals surface area contributed by atoms with E-state index in [-0.39, 0.29) is 5.75 Å². The molecular weight excluding hydrogens is 274 g/mol. The number of piperidine rings is 1. The molecule has 5 heteroatoms. The maximum Gasteiger partial charge on any atom is 0.218 e. The fourth-order valence-electron chi connectivity index (χ4n) is 2.58. The standard InChI is InChI=1S/C15H23NO3S/c1-2-19-12-15-9-6-10-16(11-15)20(17,18)13-14-7-4-3-5-8-14/h3-5,7-8,15H,2,6,9-13H2,1H3. The van der Waals surface area contributed by atoms with Crippen molar-refractivity contribution in [1.29, 1.82) is 0 Å². The molecule has 1 aromatic rings. The summed E-state index contributed by atoms with van der Waals surface area (Å²) >= 11 is 0. The number of hydrogen-bond donors (Lipinski definition) is 0. The average Bonchev–Trinajstić information content (AvgIpc) is 2.46. The molecule has 1 aliphatic heterocycles. The van der Waals surface area contributed by atoms with Crippen molar-refractivity contribution >= 4 is 10.0 Å². The van der Waals surface area contributed by atoms with Crippen molar-refractivity contribution in [2.24, 2.45) is 5.92 Å². The summed E-state index contributed by atoms with van der Waals surface area (Å²) < 4.78 is 32.0. The van der Waals surface area contributed by atoms with Crippen LogP contribution in [0.2, 0.25) is 0 Å². The van der Waals surface area contributed by atoms with Crippen LogP contribution in [0, 0.1) is 5.92 Å². The van der Waals surface area contributed by atoms with Gasteiger partial charge in [0.2, 0.25) is 10.0 Å². The second kappa shape index (κ2) is 7.20. The lowest BCUT2D eigenvalue weighted by Crippen LogP contribution is -2.41. The third-order valence-corrected chi connectivity index (χ3v) is 5.44. The van der Waals surface area contributed by atoms with Gasteiger partial charge in [-0.05, 0) is 31.2 Å². The van der Waals surface area contributed by atoms with Crippen LogP contribution in [0.3, 0.4) is 0 Å². The Morgan fingerprint density at radius 2 is 2.05 bits per heavy atom. The zero-order valence-corrected chi connectivity index (χ0v) is 12.8. The van der Waals surface area contributed by atoms with Crippen LogP contribution < -0.4 is 0 Å². The molecule has 1 unspecified atom stereocenters. The van der Waals surface area contributed by atoms with Crippen molar-refractivity contribution in [2.45, 2.75) is 25.5 Å². The Kier molecular flexibility index (Phi) is 5.57. The fourth-order valence-corrected chi connectivity index (χ4v) is 4.22. The van der Waals surface area contributed by atoms with E-state index in [2.05, 4.69) is 0 Å². The van der Waals surface area contributed by atoms with E-state index in [1.165, 1.54) is 0 Å². The van der Waals surface area contributed by atoms with E-state index in [4.69, 9.17) is 4.74 Å². The molecule has 0 aliphatic carbocycles. The molecule has 1 aliphatic rings. The van der Waals surface area contributed by atoms with Crippen molar-refractivity contribution in [1.82, 2.24) is 4.31 Å². The maximum absolute atomic E-state index is 12.5. The van der Waals surface area contributed by atoms with Gasteiger partial charge in [0, 0.05) is 19.7 Å². The lowest BCUT2D eigenvalue weighted by Gasteiger charge is -2.31. The van der Waals surface area contributed by atoms with Crippen LogP contribution in [0.1, 0.15) is 25.3 Å². The Morgan fingerprint density at radius 3 is 2.75 bits per heavy atom. The minimum absolute atomic E-state index is 0.0925. The Bertz CT molecular complexity index is 501. The van der Waals surface area contributed by atoms with Gasteiger partial charge in [-0.2, -0.15) is 0 Å². The molecule has 0 radical (unpaired) electrons. The molecule has 112 valence electrons. The van der Waals surface area contributed by atoms with E-state index in [1.54, 1.807) is 4.31 Å². The number of rotatable bonds is 6. The highest BCUT2D eigenvalue weighted by Gasteiger charge is 2.28. The first kappa shape index (κ1) is 15.5. The van der Waals surface area contributed by atoms with Crippen LogP contribution in [-0.2, 0) is 20.5 Å². The Hall–Kier alpha value is -0.910. The molecule has 1 fully saturated rings. The van der Waals surface area contributed by atoms with Gasteiger partial charge in [0.05, 0.1) is 12.4 Å². The Balaban J connectivity index is 1.98. The summed E-state index contributed by atoms with van der Waals surface area (Å²) in [5, 5.41) is 0. The minimum Gasteiger partial charge on any atom is -0.381 e. The molecular formula is C15H23NO3S. The van der Waals surface area contributed by atoms with Gasteiger partial charge in [-0.15, -0.1) is 0 Å². The number of sulfonamides is 1. The van der Waals surface area contributed by atoms with Gasteiger partial charge >= 0.3 is 0 Å². The molecule has 0 saturated carbocycles. The SMILES string of the molecule is CCOCC1CCCN(S(=O)(=O)Cc2ccccc2)C1. The summed E-state index contributed by atoms with van der Waals surface area (Å²) in [4.78, 5) is 0. The second-order valence-electron chi connectivity index (χ2n) is 5.27.